The number of amides is 1. The second-order valence-corrected chi connectivity index (χ2v) is 11.5. The van der Waals surface area contributed by atoms with E-state index in [4.69, 9.17) is 21.7 Å². The van der Waals surface area contributed by atoms with E-state index >= 15 is 0 Å². The molecule has 2 aromatic rings. The Bertz CT molecular complexity index is 998. The van der Waals surface area contributed by atoms with Crippen molar-refractivity contribution in [2.24, 2.45) is 5.92 Å². The number of hydrogen-bond acceptors (Lipinski definition) is 4. The van der Waals surface area contributed by atoms with Crippen LogP contribution in [0.4, 0.5) is 0 Å². The Hall–Kier alpha value is -2.50. The highest BCUT2D eigenvalue weighted by Crippen LogP contribution is 2.47. The third-order valence-electron chi connectivity index (χ3n) is 7.71. The van der Waals surface area contributed by atoms with Gasteiger partial charge in [0, 0.05) is 30.8 Å². The van der Waals surface area contributed by atoms with E-state index in [0.29, 0.717) is 6.42 Å². The summed E-state index contributed by atoms with van der Waals surface area (Å²) in [6.07, 6.45) is 16.5. The Morgan fingerprint density at radius 3 is 1.98 bits per heavy atom. The third-order valence-corrected chi connectivity index (χ3v) is 7.99. The number of nitrogens with zero attached hydrogens (tertiary/aromatic N) is 1. The Labute approximate surface area is 248 Å². The second-order valence-electron chi connectivity index (χ2n) is 11.2. The zero-order chi connectivity index (χ0) is 28.6. The van der Waals surface area contributed by atoms with Crippen LogP contribution >= 0.6 is 12.2 Å². The minimum absolute atomic E-state index is 0.0134. The van der Waals surface area contributed by atoms with Gasteiger partial charge in [-0.05, 0) is 43.8 Å². The summed E-state index contributed by atoms with van der Waals surface area (Å²) < 4.78 is 12.3. The van der Waals surface area contributed by atoms with Gasteiger partial charge in [0.15, 0.2) is 5.60 Å². The Kier molecular flexibility index (Phi) is 13.9. The van der Waals surface area contributed by atoms with Gasteiger partial charge < -0.3 is 9.47 Å². The molecule has 1 aliphatic heterocycles. The molecule has 0 spiro atoms. The molecule has 0 unspecified atom stereocenters. The molecule has 1 amide bonds. The molecule has 4 nitrogen and oxygen atoms in total. The van der Waals surface area contributed by atoms with Crippen molar-refractivity contribution >= 4 is 23.3 Å². The van der Waals surface area contributed by atoms with Crippen LogP contribution in [0.25, 0.3) is 0 Å². The van der Waals surface area contributed by atoms with Crippen LogP contribution in [0.3, 0.4) is 0 Å². The van der Waals surface area contributed by atoms with Crippen molar-refractivity contribution < 1.29 is 14.3 Å². The number of carbonyl (C=O) groups excluding carboxylic acids is 1. The first-order valence-corrected chi connectivity index (χ1v) is 15.8. The number of rotatable bonds is 18. The van der Waals surface area contributed by atoms with Crippen LogP contribution in [0.5, 0.6) is 0 Å². The zero-order valence-corrected chi connectivity index (χ0v) is 25.7. The summed E-state index contributed by atoms with van der Waals surface area (Å²) in [7, 11) is 0. The van der Waals surface area contributed by atoms with Crippen molar-refractivity contribution in [3.05, 3.63) is 83.9 Å². The largest absolute Gasteiger partial charge is 0.452 e. The van der Waals surface area contributed by atoms with Gasteiger partial charge in [0.05, 0.1) is 6.04 Å². The van der Waals surface area contributed by atoms with Crippen molar-refractivity contribution in [1.29, 1.82) is 0 Å². The summed E-state index contributed by atoms with van der Waals surface area (Å²) in [6.45, 7) is 8.30. The number of carbonyl (C=O) groups is 1. The monoisotopic (exact) mass is 563 g/mol. The lowest BCUT2D eigenvalue weighted by Gasteiger charge is -2.38. The van der Waals surface area contributed by atoms with Crippen molar-refractivity contribution in [3.63, 3.8) is 0 Å². The molecule has 0 aromatic heterocycles. The Morgan fingerprint density at radius 1 is 0.875 bits per heavy atom. The molecule has 3 rings (SSSR count). The molecule has 40 heavy (non-hydrogen) atoms. The first-order chi connectivity index (χ1) is 19.5. The van der Waals surface area contributed by atoms with Crippen LogP contribution in [0.1, 0.15) is 103 Å². The van der Waals surface area contributed by atoms with Gasteiger partial charge in [0.2, 0.25) is 5.91 Å². The fourth-order valence-electron chi connectivity index (χ4n) is 5.69. The molecule has 1 heterocycles. The summed E-state index contributed by atoms with van der Waals surface area (Å²) in [5.74, 6) is 0.111. The van der Waals surface area contributed by atoms with Crippen molar-refractivity contribution in [2.75, 3.05) is 13.2 Å². The predicted molar refractivity (Wildman–Crippen MR) is 169 cm³/mol. The standard InChI is InChI=1S/C35H49NO3S/c1-4-5-6-11-20-27-38-28-21-12-9-7-8-10-19-26-32(37)36-33(29(2)3)35(39-34(36)40,30-22-15-13-16-23-30)31-24-17-14-18-25-31/h10,13-19,22-25,29,33H,4-9,11-12,20-21,26-28H2,1-3H3/t33-/m0/s1. The lowest BCUT2D eigenvalue weighted by atomic mass is 9.75. The molecular weight excluding hydrogens is 514 g/mol. The molecule has 0 radical (unpaired) electrons. The normalized spacial score (nSPS) is 16.6. The van der Waals surface area contributed by atoms with Crippen molar-refractivity contribution in [1.82, 2.24) is 4.90 Å². The maximum atomic E-state index is 13.5. The first-order valence-electron chi connectivity index (χ1n) is 15.4. The first kappa shape index (κ1) is 32.0. The molecule has 0 N–H and O–H groups in total. The number of allylic oxidation sites excluding steroid dienone is 1. The van der Waals surface area contributed by atoms with Crippen LogP contribution in [0.2, 0.25) is 0 Å². The molecule has 218 valence electrons. The van der Waals surface area contributed by atoms with Crippen molar-refractivity contribution in [3.8, 4) is 0 Å². The van der Waals surface area contributed by atoms with E-state index in [1.165, 1.54) is 44.9 Å². The highest BCUT2D eigenvalue weighted by Gasteiger charge is 2.57. The number of ether oxygens (including phenoxy) is 2. The Morgan fingerprint density at radius 2 is 1.43 bits per heavy atom. The quantitative estimate of drug-likeness (QED) is 0.103. The summed E-state index contributed by atoms with van der Waals surface area (Å²) in [5, 5.41) is 0.257. The lowest BCUT2D eigenvalue weighted by molar-refractivity contribution is -0.128. The van der Waals surface area contributed by atoms with Crippen LogP contribution in [-0.4, -0.2) is 35.2 Å². The lowest BCUT2D eigenvalue weighted by Crippen LogP contribution is -2.49. The molecule has 1 saturated heterocycles. The van der Waals surface area contributed by atoms with E-state index in [1.54, 1.807) is 4.90 Å². The number of unbranched alkanes of at least 4 members (excludes halogenated alkanes) is 8. The summed E-state index contributed by atoms with van der Waals surface area (Å²) in [5.41, 5.74) is 1.17. The molecule has 0 saturated carbocycles. The summed E-state index contributed by atoms with van der Waals surface area (Å²) in [4.78, 5) is 15.3. The number of thiocarbonyl (C=S) groups is 1. The maximum absolute atomic E-state index is 13.5. The van der Waals surface area contributed by atoms with Crippen LogP contribution < -0.4 is 0 Å². The minimum atomic E-state index is -0.841. The molecule has 5 heteroatoms. The van der Waals surface area contributed by atoms with Crippen LogP contribution in [0.15, 0.2) is 72.8 Å². The zero-order valence-electron chi connectivity index (χ0n) is 24.9. The second kappa shape index (κ2) is 17.3. The van der Waals surface area contributed by atoms with Gasteiger partial charge in [-0.1, -0.05) is 132 Å². The molecule has 0 aliphatic carbocycles. The van der Waals surface area contributed by atoms with E-state index in [-0.39, 0.29) is 23.0 Å². The van der Waals surface area contributed by atoms with Gasteiger partial charge in [-0.25, -0.2) is 0 Å². The van der Waals surface area contributed by atoms with Crippen LogP contribution in [0, 0.1) is 5.92 Å². The Balaban J connectivity index is 1.49. The van der Waals surface area contributed by atoms with Gasteiger partial charge in [-0.3, -0.25) is 9.69 Å². The molecule has 1 fully saturated rings. The molecule has 1 aliphatic rings. The predicted octanol–water partition coefficient (Wildman–Crippen LogP) is 8.98. The molecule has 2 aromatic carbocycles. The van der Waals surface area contributed by atoms with Gasteiger partial charge >= 0.3 is 0 Å². The van der Waals surface area contributed by atoms with E-state index in [9.17, 15) is 4.79 Å². The minimum Gasteiger partial charge on any atom is -0.452 e. The highest BCUT2D eigenvalue weighted by molar-refractivity contribution is 7.80. The van der Waals surface area contributed by atoms with E-state index in [2.05, 4.69) is 51.1 Å². The molecule has 0 bridgehead atoms. The average molecular weight is 564 g/mol. The van der Waals surface area contributed by atoms with Crippen LogP contribution in [-0.2, 0) is 19.9 Å². The van der Waals surface area contributed by atoms with Gasteiger partial charge in [-0.15, -0.1) is 0 Å². The van der Waals surface area contributed by atoms with Gasteiger partial charge in [0.25, 0.3) is 5.17 Å². The summed E-state index contributed by atoms with van der Waals surface area (Å²) in [6, 6.07) is 20.1. The smallest absolute Gasteiger partial charge is 0.267 e. The van der Waals surface area contributed by atoms with E-state index in [0.717, 1.165) is 43.6 Å². The van der Waals surface area contributed by atoms with Gasteiger partial charge in [0.1, 0.15) is 0 Å². The third kappa shape index (κ3) is 8.75. The van der Waals surface area contributed by atoms with E-state index in [1.807, 2.05) is 42.5 Å². The SMILES string of the molecule is CCCCCCCOCCCCCCC=CCC(=O)N1C(=S)OC(c2ccccc2)(c2ccccc2)[C@@H]1C(C)C. The average Bonchev–Trinajstić information content (AvgIpc) is 3.30. The maximum Gasteiger partial charge on any atom is 0.267 e. The molecule has 1 atom stereocenters. The van der Waals surface area contributed by atoms with Gasteiger partial charge in [-0.2, -0.15) is 0 Å². The summed E-state index contributed by atoms with van der Waals surface area (Å²) >= 11 is 5.72. The number of benzene rings is 2. The highest BCUT2D eigenvalue weighted by atomic mass is 32.1. The topological polar surface area (TPSA) is 38.8 Å². The fourth-order valence-corrected chi connectivity index (χ4v) is 6.04. The van der Waals surface area contributed by atoms with Crippen molar-refractivity contribution in [2.45, 2.75) is 103 Å². The van der Waals surface area contributed by atoms with E-state index < -0.39 is 5.60 Å². The number of hydrogen-bond donors (Lipinski definition) is 0. The fraction of sp³-hybridized carbons (Fsp3) is 0.543. The molecular formula is C35H49NO3S.